The van der Waals surface area contributed by atoms with Crippen LogP contribution in [0.2, 0.25) is 0 Å². The summed E-state index contributed by atoms with van der Waals surface area (Å²) in [5.74, 6) is 3.24. The monoisotopic (exact) mass is 585 g/mol. The number of fused-ring (bicyclic) bond motifs is 4. The Morgan fingerprint density at radius 2 is 1.67 bits per heavy atom. The summed E-state index contributed by atoms with van der Waals surface area (Å²) in [6.07, 6.45) is 3.96. The fraction of sp³-hybridized carbons (Fsp3) is 0.303. The number of rotatable bonds is 4. The summed E-state index contributed by atoms with van der Waals surface area (Å²) < 4.78 is 25.9. The summed E-state index contributed by atoms with van der Waals surface area (Å²) in [5, 5.41) is 5.89. The molecule has 0 bridgehead atoms. The molecule has 0 unspecified atom stereocenters. The molecule has 3 heterocycles. The Labute approximate surface area is 239 Å². The Balaban J connectivity index is 0.00000277. The molecule has 5 aromatic rings. The van der Waals surface area contributed by atoms with Gasteiger partial charge in [-0.3, -0.25) is 0 Å². The molecule has 5 nitrogen and oxygen atoms in total. The van der Waals surface area contributed by atoms with Gasteiger partial charge < -0.3 is 35.9 Å². The molecule has 0 aliphatic carbocycles. The van der Waals surface area contributed by atoms with Crippen molar-refractivity contribution in [3.8, 4) is 23.0 Å². The lowest BCUT2D eigenvalue weighted by molar-refractivity contribution is -0.670. The van der Waals surface area contributed by atoms with Crippen molar-refractivity contribution < 1.29 is 40.5 Å². The van der Waals surface area contributed by atoms with E-state index >= 15 is 0 Å². The highest BCUT2D eigenvalue weighted by Gasteiger charge is 2.31. The number of hydrogen-bond donors (Lipinski definition) is 0. The minimum absolute atomic E-state index is 0. The molecule has 4 aromatic carbocycles. The number of methoxy groups -OCH3 is 2. The van der Waals surface area contributed by atoms with Crippen molar-refractivity contribution >= 4 is 32.4 Å². The van der Waals surface area contributed by atoms with Crippen molar-refractivity contribution in [1.82, 2.24) is 0 Å². The quantitative estimate of drug-likeness (QED) is 0.239. The van der Waals surface area contributed by atoms with E-state index in [0.717, 1.165) is 53.2 Å². The highest BCUT2D eigenvalue weighted by atomic mass is 79.9. The molecule has 200 valence electrons. The molecule has 2 aliphatic rings. The van der Waals surface area contributed by atoms with E-state index in [1.54, 1.807) is 14.2 Å². The minimum Gasteiger partial charge on any atom is -1.00 e. The van der Waals surface area contributed by atoms with Crippen molar-refractivity contribution in [1.29, 1.82) is 0 Å². The van der Waals surface area contributed by atoms with Crippen LogP contribution in [0.25, 0.3) is 32.4 Å². The van der Waals surface area contributed by atoms with Crippen molar-refractivity contribution in [3.63, 3.8) is 0 Å². The fourth-order valence-corrected chi connectivity index (χ4v) is 6.26. The summed E-state index contributed by atoms with van der Waals surface area (Å²) >= 11 is 0. The number of halogens is 1. The Bertz CT molecular complexity index is 1770. The number of aryl methyl sites for hydroxylation is 2. The Morgan fingerprint density at radius 1 is 0.872 bits per heavy atom. The minimum atomic E-state index is 0. The Morgan fingerprint density at radius 3 is 2.38 bits per heavy atom. The molecule has 0 amide bonds. The number of pyridine rings is 1. The number of hydrogen-bond acceptors (Lipinski definition) is 4. The van der Waals surface area contributed by atoms with E-state index in [1.807, 2.05) is 6.07 Å². The normalized spacial score (nSPS) is 13.8. The number of nitrogens with zero attached hydrogens (tertiary/aromatic N) is 1. The van der Waals surface area contributed by atoms with Crippen LogP contribution in [-0.2, 0) is 24.8 Å². The van der Waals surface area contributed by atoms with Crippen molar-refractivity contribution in [2.75, 3.05) is 21.0 Å². The molecule has 7 rings (SSSR count). The van der Waals surface area contributed by atoms with Gasteiger partial charge in [0.25, 0.3) is 0 Å². The molecule has 0 fully saturated rings. The molecule has 6 heteroatoms. The first-order valence-electron chi connectivity index (χ1n) is 13.2. The predicted octanol–water partition coefficient (Wildman–Crippen LogP) is 3.63. The van der Waals surface area contributed by atoms with Crippen molar-refractivity contribution in [2.45, 2.75) is 45.6 Å². The van der Waals surface area contributed by atoms with Crippen LogP contribution in [0.4, 0.5) is 0 Å². The van der Waals surface area contributed by atoms with E-state index in [4.69, 9.17) is 18.9 Å². The lowest BCUT2D eigenvalue weighted by Crippen LogP contribution is -3.00. The lowest BCUT2D eigenvalue weighted by Gasteiger charge is -2.21. The van der Waals surface area contributed by atoms with Crippen LogP contribution in [0.5, 0.6) is 23.0 Å². The summed E-state index contributed by atoms with van der Waals surface area (Å²) in [6.45, 7) is 7.91. The maximum atomic E-state index is 6.11. The third-order valence-electron chi connectivity index (χ3n) is 8.16. The molecular weight excluding hydrogens is 554 g/mol. The van der Waals surface area contributed by atoms with Crippen LogP contribution >= 0.6 is 0 Å². The van der Waals surface area contributed by atoms with E-state index in [1.165, 1.54) is 43.9 Å². The zero-order valence-corrected chi connectivity index (χ0v) is 24.6. The van der Waals surface area contributed by atoms with Gasteiger partial charge in [0.05, 0.1) is 30.4 Å². The number of ether oxygens (including phenoxy) is 4. The van der Waals surface area contributed by atoms with Crippen LogP contribution in [0.1, 0.15) is 43.0 Å². The molecule has 39 heavy (non-hydrogen) atoms. The molecular formula is C33H32BrNO4. The predicted molar refractivity (Wildman–Crippen MR) is 150 cm³/mol. The van der Waals surface area contributed by atoms with Crippen LogP contribution in [0.15, 0.2) is 54.7 Å². The van der Waals surface area contributed by atoms with E-state index in [9.17, 15) is 0 Å². The average molecular weight is 587 g/mol. The van der Waals surface area contributed by atoms with Crippen LogP contribution < -0.4 is 40.5 Å². The average Bonchev–Trinajstić information content (AvgIpc) is 3.38. The summed E-state index contributed by atoms with van der Waals surface area (Å²) in [7, 11) is 3.40. The first kappa shape index (κ1) is 25.8. The van der Waals surface area contributed by atoms with E-state index in [0.29, 0.717) is 0 Å². The van der Waals surface area contributed by atoms with Crippen LogP contribution in [0.3, 0.4) is 0 Å². The summed E-state index contributed by atoms with van der Waals surface area (Å²) in [4.78, 5) is 0. The van der Waals surface area contributed by atoms with E-state index in [2.05, 4.69) is 74.0 Å². The molecule has 0 N–H and O–H groups in total. The molecule has 0 saturated heterocycles. The number of aromatic nitrogens is 1. The standard InChI is InChI=1S/C33H32NO4.BrH/c1-33(2,3)22-8-6-19(7-9-22)14-21-15-24-23-10-11-26(35-4)31(36-5)25(23)17-34-13-12-20-16-27-32(38-18-37-27)29(21)28(20)30(24)34;/h6-11,15-17H,12-14,18H2,1-5H3;1H/q+1;/p-1. The van der Waals surface area contributed by atoms with Crippen molar-refractivity contribution in [2.24, 2.45) is 0 Å². The van der Waals surface area contributed by atoms with Gasteiger partial charge in [-0.25, -0.2) is 0 Å². The van der Waals surface area contributed by atoms with Gasteiger partial charge in [0.2, 0.25) is 12.3 Å². The van der Waals surface area contributed by atoms with Gasteiger partial charge in [-0.05, 0) is 58.4 Å². The topological polar surface area (TPSA) is 40.8 Å². The smallest absolute Gasteiger partial charge is 0.231 e. The maximum absolute atomic E-state index is 6.11. The summed E-state index contributed by atoms with van der Waals surface area (Å²) in [5.41, 5.74) is 6.55. The highest BCUT2D eigenvalue weighted by molar-refractivity contribution is 6.18. The molecule has 2 aliphatic heterocycles. The molecule has 0 spiro atoms. The van der Waals surface area contributed by atoms with Crippen molar-refractivity contribution in [3.05, 3.63) is 77.0 Å². The second-order valence-electron chi connectivity index (χ2n) is 11.4. The third kappa shape index (κ3) is 3.91. The van der Waals surface area contributed by atoms with E-state index < -0.39 is 0 Å². The second-order valence-corrected chi connectivity index (χ2v) is 11.4. The summed E-state index contributed by atoms with van der Waals surface area (Å²) in [6, 6.07) is 17.8. The van der Waals surface area contributed by atoms with Gasteiger partial charge >= 0.3 is 0 Å². The van der Waals surface area contributed by atoms with Gasteiger partial charge in [0.15, 0.2) is 35.7 Å². The fourth-order valence-electron chi connectivity index (χ4n) is 6.26. The highest BCUT2D eigenvalue weighted by Crippen LogP contribution is 2.48. The first-order valence-corrected chi connectivity index (χ1v) is 13.2. The molecule has 0 saturated carbocycles. The molecule has 0 radical (unpaired) electrons. The number of benzene rings is 4. The molecule has 1 aromatic heterocycles. The van der Waals surface area contributed by atoms with Gasteiger partial charge in [-0.1, -0.05) is 45.0 Å². The zero-order valence-electron chi connectivity index (χ0n) is 23.0. The lowest BCUT2D eigenvalue weighted by atomic mass is 9.85. The van der Waals surface area contributed by atoms with Gasteiger partial charge in [-0.15, -0.1) is 0 Å². The van der Waals surface area contributed by atoms with Gasteiger partial charge in [0.1, 0.15) is 0 Å². The maximum Gasteiger partial charge on any atom is 0.231 e. The van der Waals surface area contributed by atoms with Crippen LogP contribution in [0, 0.1) is 0 Å². The van der Waals surface area contributed by atoms with Gasteiger partial charge in [0, 0.05) is 17.2 Å². The van der Waals surface area contributed by atoms with Crippen LogP contribution in [-0.4, -0.2) is 21.0 Å². The second kappa shape index (κ2) is 9.30. The Hall–Kier alpha value is -3.51. The largest absolute Gasteiger partial charge is 1.00 e. The molecule has 0 atom stereocenters. The van der Waals surface area contributed by atoms with Gasteiger partial charge in [-0.2, -0.15) is 4.57 Å². The first-order chi connectivity index (χ1) is 18.4. The Kier molecular flexibility index (Phi) is 6.14. The SMILES string of the molecule is COc1ccc2c(c[n+]3c4c2cc(Cc2ccc(C(C)(C)C)cc2)c2c5c(cc(c24)CC3)OCO5)c1OC.[Br-]. The third-order valence-corrected chi connectivity index (χ3v) is 8.16. The zero-order chi connectivity index (χ0) is 26.2. The van der Waals surface area contributed by atoms with E-state index in [-0.39, 0.29) is 29.2 Å².